The average Bonchev–Trinajstić information content (AvgIpc) is 2.79. The molecule has 0 aliphatic carbocycles. The minimum Gasteiger partial charge on any atom is -0.496 e. The Balaban J connectivity index is 1.45. The number of hydrogen-bond donors (Lipinski definition) is 0. The monoisotopic (exact) mass is 428 g/mol. The number of piperazine rings is 1. The van der Waals surface area contributed by atoms with Crippen molar-refractivity contribution in [1.82, 2.24) is 14.5 Å². The Morgan fingerprint density at radius 3 is 2.23 bits per heavy atom. The van der Waals surface area contributed by atoms with E-state index in [2.05, 4.69) is 10.2 Å². The smallest absolute Gasteiger partial charge is 0.243 e. The van der Waals surface area contributed by atoms with Gasteiger partial charge in [-0.1, -0.05) is 12.1 Å². The lowest BCUT2D eigenvalue weighted by molar-refractivity contribution is 0.383. The van der Waals surface area contributed by atoms with Crippen LogP contribution in [0.2, 0.25) is 0 Å². The van der Waals surface area contributed by atoms with Gasteiger partial charge in [0.25, 0.3) is 0 Å². The fraction of sp³-hybridized carbons (Fsp3) is 0.238. The van der Waals surface area contributed by atoms with Crippen LogP contribution in [0.4, 0.5) is 10.2 Å². The van der Waals surface area contributed by atoms with Crippen LogP contribution >= 0.6 is 0 Å². The third-order valence-electron chi connectivity index (χ3n) is 5.05. The molecule has 4 rings (SSSR count). The van der Waals surface area contributed by atoms with Gasteiger partial charge in [0.1, 0.15) is 11.6 Å². The molecule has 0 unspecified atom stereocenters. The second kappa shape index (κ2) is 8.37. The first-order valence-corrected chi connectivity index (χ1v) is 10.9. The number of aromatic nitrogens is 2. The fourth-order valence-electron chi connectivity index (χ4n) is 3.41. The summed E-state index contributed by atoms with van der Waals surface area (Å²) < 4.78 is 45.4. The number of rotatable bonds is 5. The maximum atomic E-state index is 13.1. The predicted octanol–water partition coefficient (Wildman–Crippen LogP) is 2.80. The van der Waals surface area contributed by atoms with E-state index in [-0.39, 0.29) is 4.90 Å². The van der Waals surface area contributed by atoms with E-state index in [0.29, 0.717) is 37.7 Å². The molecule has 0 atom stereocenters. The van der Waals surface area contributed by atoms with Gasteiger partial charge in [-0.05, 0) is 48.5 Å². The van der Waals surface area contributed by atoms with Crippen LogP contribution in [0.25, 0.3) is 11.3 Å². The van der Waals surface area contributed by atoms with Crippen molar-refractivity contribution in [3.8, 4) is 17.0 Å². The van der Waals surface area contributed by atoms with Gasteiger partial charge in [0.15, 0.2) is 5.82 Å². The number of methoxy groups -OCH3 is 1. The molecule has 156 valence electrons. The van der Waals surface area contributed by atoms with Crippen LogP contribution < -0.4 is 9.64 Å². The molecule has 1 aliphatic heterocycles. The fourth-order valence-corrected chi connectivity index (χ4v) is 4.83. The van der Waals surface area contributed by atoms with Crippen LogP contribution in [0.3, 0.4) is 0 Å². The number of para-hydroxylation sites is 1. The normalized spacial score (nSPS) is 15.2. The van der Waals surface area contributed by atoms with Gasteiger partial charge in [0.05, 0.1) is 17.7 Å². The summed E-state index contributed by atoms with van der Waals surface area (Å²) >= 11 is 0. The first kappa shape index (κ1) is 20.2. The summed E-state index contributed by atoms with van der Waals surface area (Å²) in [7, 11) is -2.03. The maximum absolute atomic E-state index is 13.1. The van der Waals surface area contributed by atoms with Gasteiger partial charge >= 0.3 is 0 Å². The number of hydrogen-bond acceptors (Lipinski definition) is 6. The summed E-state index contributed by atoms with van der Waals surface area (Å²) in [6.07, 6.45) is 0. The third kappa shape index (κ3) is 3.99. The SMILES string of the molecule is COc1ccccc1-c1ccc(N2CCN(S(=O)(=O)c3ccc(F)cc3)CC2)nn1. The molecule has 30 heavy (non-hydrogen) atoms. The molecule has 0 bridgehead atoms. The van der Waals surface area contributed by atoms with Gasteiger partial charge < -0.3 is 9.64 Å². The van der Waals surface area contributed by atoms with E-state index in [0.717, 1.165) is 23.4 Å². The van der Waals surface area contributed by atoms with Crippen molar-refractivity contribution in [2.75, 3.05) is 38.2 Å². The predicted molar refractivity (Wildman–Crippen MR) is 111 cm³/mol. The van der Waals surface area contributed by atoms with Crippen LogP contribution in [0.5, 0.6) is 5.75 Å². The van der Waals surface area contributed by atoms with Gasteiger partial charge in [0, 0.05) is 31.7 Å². The molecule has 0 radical (unpaired) electrons. The van der Waals surface area contributed by atoms with Crippen LogP contribution in [-0.2, 0) is 10.0 Å². The third-order valence-corrected chi connectivity index (χ3v) is 6.96. The van der Waals surface area contributed by atoms with Gasteiger partial charge in [-0.3, -0.25) is 0 Å². The number of nitrogens with zero attached hydrogens (tertiary/aromatic N) is 4. The molecule has 1 aromatic heterocycles. The second-order valence-electron chi connectivity index (χ2n) is 6.82. The molecule has 9 heteroatoms. The summed E-state index contributed by atoms with van der Waals surface area (Å²) in [6.45, 7) is 1.61. The number of benzene rings is 2. The van der Waals surface area contributed by atoms with Crippen molar-refractivity contribution >= 4 is 15.8 Å². The van der Waals surface area contributed by atoms with Crippen molar-refractivity contribution in [3.05, 3.63) is 66.5 Å². The molecule has 0 amide bonds. The van der Waals surface area contributed by atoms with Crippen LogP contribution in [-0.4, -0.2) is 56.2 Å². The maximum Gasteiger partial charge on any atom is 0.243 e. The lowest BCUT2D eigenvalue weighted by Crippen LogP contribution is -2.49. The van der Waals surface area contributed by atoms with Crippen LogP contribution in [0.15, 0.2) is 65.6 Å². The van der Waals surface area contributed by atoms with E-state index in [1.54, 1.807) is 7.11 Å². The van der Waals surface area contributed by atoms with E-state index >= 15 is 0 Å². The average molecular weight is 428 g/mol. The first-order valence-electron chi connectivity index (χ1n) is 9.47. The minimum absolute atomic E-state index is 0.0957. The molecule has 2 heterocycles. The number of sulfonamides is 1. The summed E-state index contributed by atoms with van der Waals surface area (Å²) in [5, 5.41) is 8.64. The van der Waals surface area contributed by atoms with Gasteiger partial charge in [-0.15, -0.1) is 10.2 Å². The Bertz CT molecular complexity index is 1110. The molecule has 0 N–H and O–H groups in total. The number of halogens is 1. The molecular weight excluding hydrogens is 407 g/mol. The number of anilines is 1. The van der Waals surface area contributed by atoms with Gasteiger partial charge in [-0.25, -0.2) is 12.8 Å². The van der Waals surface area contributed by atoms with Crippen LogP contribution in [0, 0.1) is 5.82 Å². The topological polar surface area (TPSA) is 75.6 Å². The summed E-state index contributed by atoms with van der Waals surface area (Å²) in [5.74, 6) is 0.945. The van der Waals surface area contributed by atoms with Crippen molar-refractivity contribution in [2.24, 2.45) is 0 Å². The van der Waals surface area contributed by atoms with Crippen LogP contribution in [0.1, 0.15) is 0 Å². The Morgan fingerprint density at radius 2 is 1.60 bits per heavy atom. The molecule has 3 aromatic rings. The zero-order chi connectivity index (χ0) is 21.1. The Kier molecular flexibility index (Phi) is 5.65. The summed E-state index contributed by atoms with van der Waals surface area (Å²) in [6, 6.07) is 16.2. The van der Waals surface area contributed by atoms with Crippen molar-refractivity contribution in [3.63, 3.8) is 0 Å². The van der Waals surface area contributed by atoms with E-state index in [4.69, 9.17) is 4.74 Å². The highest BCUT2D eigenvalue weighted by molar-refractivity contribution is 7.89. The summed E-state index contributed by atoms with van der Waals surface area (Å²) in [5.41, 5.74) is 1.56. The largest absolute Gasteiger partial charge is 0.496 e. The zero-order valence-corrected chi connectivity index (χ0v) is 17.2. The highest BCUT2D eigenvalue weighted by Crippen LogP contribution is 2.28. The highest BCUT2D eigenvalue weighted by Gasteiger charge is 2.29. The van der Waals surface area contributed by atoms with Gasteiger partial charge in [-0.2, -0.15) is 4.31 Å². The van der Waals surface area contributed by atoms with Gasteiger partial charge in [0.2, 0.25) is 10.0 Å². The van der Waals surface area contributed by atoms with Crippen molar-refractivity contribution in [1.29, 1.82) is 0 Å². The van der Waals surface area contributed by atoms with E-state index in [9.17, 15) is 12.8 Å². The standard InChI is InChI=1S/C21H21FN4O3S/c1-29-20-5-3-2-4-18(20)19-10-11-21(24-23-19)25-12-14-26(15-13-25)30(27,28)17-8-6-16(22)7-9-17/h2-11H,12-15H2,1H3. The van der Waals surface area contributed by atoms with Crippen molar-refractivity contribution in [2.45, 2.75) is 4.90 Å². The first-order chi connectivity index (χ1) is 14.5. The molecule has 2 aromatic carbocycles. The lowest BCUT2D eigenvalue weighted by Gasteiger charge is -2.34. The Labute approximate surface area is 174 Å². The quantitative estimate of drug-likeness (QED) is 0.622. The lowest BCUT2D eigenvalue weighted by atomic mass is 10.1. The zero-order valence-electron chi connectivity index (χ0n) is 16.4. The summed E-state index contributed by atoms with van der Waals surface area (Å²) in [4.78, 5) is 2.09. The molecule has 0 spiro atoms. The highest BCUT2D eigenvalue weighted by atomic mass is 32.2. The Morgan fingerprint density at radius 1 is 0.900 bits per heavy atom. The number of ether oxygens (including phenoxy) is 1. The molecular formula is C21H21FN4O3S. The minimum atomic E-state index is -3.64. The van der Waals surface area contributed by atoms with E-state index in [1.165, 1.54) is 16.4 Å². The molecule has 1 fully saturated rings. The molecule has 1 saturated heterocycles. The Hall–Kier alpha value is -3.04. The molecule has 1 aliphatic rings. The van der Waals surface area contributed by atoms with E-state index < -0.39 is 15.8 Å². The second-order valence-corrected chi connectivity index (χ2v) is 8.76. The molecule has 0 saturated carbocycles. The molecule has 7 nitrogen and oxygen atoms in total. The van der Waals surface area contributed by atoms with E-state index in [1.807, 2.05) is 41.3 Å². The van der Waals surface area contributed by atoms with Crippen molar-refractivity contribution < 1.29 is 17.5 Å².